The molecule has 0 spiro atoms. The van der Waals surface area contributed by atoms with Gasteiger partial charge >= 0.3 is 6.09 Å². The zero-order chi connectivity index (χ0) is 14.6. The lowest BCUT2D eigenvalue weighted by atomic mass is 10.1. The SMILES string of the molecule is Cc1ccc(/C(N)=N\NC(=O)OC(C)(C)C)cc1F. The number of carbonyl (C=O) groups excluding carboxylic acids is 1. The number of halogens is 1. The second-order valence-electron chi connectivity index (χ2n) is 5.07. The van der Waals surface area contributed by atoms with Crippen molar-refractivity contribution in [3.63, 3.8) is 0 Å². The maximum Gasteiger partial charge on any atom is 0.428 e. The standard InChI is InChI=1S/C13H18FN3O2/c1-8-5-6-9(7-10(8)14)11(15)16-17-12(18)19-13(2,3)4/h5-7H,1-4H3,(H2,15,16)(H,17,18). The average molecular weight is 267 g/mol. The Morgan fingerprint density at radius 3 is 2.58 bits per heavy atom. The molecule has 0 atom stereocenters. The molecule has 0 saturated heterocycles. The predicted molar refractivity (Wildman–Crippen MR) is 71.2 cm³/mol. The van der Waals surface area contributed by atoms with Gasteiger partial charge in [-0.15, -0.1) is 0 Å². The van der Waals surface area contributed by atoms with Crippen molar-refractivity contribution in [3.05, 3.63) is 35.1 Å². The van der Waals surface area contributed by atoms with Crippen LogP contribution in [-0.2, 0) is 4.74 Å². The predicted octanol–water partition coefficient (Wildman–Crippen LogP) is 2.28. The fraction of sp³-hybridized carbons (Fsp3) is 0.385. The summed E-state index contributed by atoms with van der Waals surface area (Å²) in [5.41, 5.74) is 8.07. The number of rotatable bonds is 2. The van der Waals surface area contributed by atoms with E-state index >= 15 is 0 Å². The van der Waals surface area contributed by atoms with Gasteiger partial charge in [0.2, 0.25) is 0 Å². The lowest BCUT2D eigenvalue weighted by Gasteiger charge is -2.18. The molecule has 1 aromatic rings. The summed E-state index contributed by atoms with van der Waals surface area (Å²) in [5, 5.41) is 3.65. The number of hydrogen-bond acceptors (Lipinski definition) is 3. The molecule has 104 valence electrons. The van der Waals surface area contributed by atoms with E-state index < -0.39 is 11.7 Å². The number of amidine groups is 1. The zero-order valence-electron chi connectivity index (χ0n) is 11.5. The van der Waals surface area contributed by atoms with Crippen molar-refractivity contribution in [1.29, 1.82) is 0 Å². The van der Waals surface area contributed by atoms with Crippen molar-refractivity contribution in [3.8, 4) is 0 Å². The molecule has 6 heteroatoms. The highest BCUT2D eigenvalue weighted by Crippen LogP contribution is 2.09. The van der Waals surface area contributed by atoms with Crippen LogP contribution in [0.3, 0.4) is 0 Å². The van der Waals surface area contributed by atoms with Crippen LogP contribution in [0.4, 0.5) is 9.18 Å². The minimum Gasteiger partial charge on any atom is -0.443 e. The fourth-order valence-electron chi connectivity index (χ4n) is 1.22. The van der Waals surface area contributed by atoms with E-state index in [2.05, 4.69) is 10.5 Å². The van der Waals surface area contributed by atoms with Crippen LogP contribution in [0.15, 0.2) is 23.3 Å². The number of nitrogens with two attached hydrogens (primary N) is 1. The number of carbonyl (C=O) groups is 1. The summed E-state index contributed by atoms with van der Waals surface area (Å²) in [6.07, 6.45) is -0.719. The molecule has 1 rings (SSSR count). The van der Waals surface area contributed by atoms with Crippen LogP contribution < -0.4 is 11.2 Å². The molecule has 1 amide bonds. The van der Waals surface area contributed by atoms with Gasteiger partial charge in [-0.2, -0.15) is 5.10 Å². The van der Waals surface area contributed by atoms with Crippen LogP contribution in [0.5, 0.6) is 0 Å². The Hall–Kier alpha value is -2.11. The summed E-state index contributed by atoms with van der Waals surface area (Å²) in [4.78, 5) is 11.3. The van der Waals surface area contributed by atoms with Crippen LogP contribution in [0.25, 0.3) is 0 Å². The second-order valence-corrected chi connectivity index (χ2v) is 5.07. The van der Waals surface area contributed by atoms with Crippen molar-refractivity contribution in [2.75, 3.05) is 0 Å². The topological polar surface area (TPSA) is 76.7 Å². The minimum absolute atomic E-state index is 0.00441. The second kappa shape index (κ2) is 5.69. The van der Waals surface area contributed by atoms with Gasteiger partial charge in [0, 0.05) is 5.56 Å². The van der Waals surface area contributed by atoms with Crippen molar-refractivity contribution in [1.82, 2.24) is 5.43 Å². The normalized spacial score (nSPS) is 12.2. The van der Waals surface area contributed by atoms with E-state index in [1.165, 1.54) is 6.07 Å². The van der Waals surface area contributed by atoms with E-state index in [-0.39, 0.29) is 11.7 Å². The first kappa shape index (κ1) is 14.9. The van der Waals surface area contributed by atoms with Gasteiger partial charge in [-0.1, -0.05) is 12.1 Å². The maximum atomic E-state index is 13.3. The summed E-state index contributed by atoms with van der Waals surface area (Å²) in [6, 6.07) is 4.46. The Bertz CT molecular complexity index is 507. The molecule has 0 fully saturated rings. The van der Waals surface area contributed by atoms with Gasteiger partial charge < -0.3 is 10.5 Å². The summed E-state index contributed by atoms with van der Waals surface area (Å²) in [6.45, 7) is 6.84. The Morgan fingerprint density at radius 1 is 1.42 bits per heavy atom. The van der Waals surface area contributed by atoms with Crippen LogP contribution in [0.1, 0.15) is 31.9 Å². The number of amides is 1. The Kier molecular flexibility index (Phi) is 4.47. The number of ether oxygens (including phenoxy) is 1. The van der Waals surface area contributed by atoms with E-state index in [0.717, 1.165) is 0 Å². The van der Waals surface area contributed by atoms with Gasteiger partial charge in [-0.3, -0.25) is 0 Å². The van der Waals surface area contributed by atoms with E-state index in [1.807, 2.05) is 0 Å². The lowest BCUT2D eigenvalue weighted by molar-refractivity contribution is 0.0529. The van der Waals surface area contributed by atoms with Gasteiger partial charge in [-0.25, -0.2) is 14.6 Å². The molecule has 0 aliphatic heterocycles. The number of nitrogens with zero attached hydrogens (tertiary/aromatic N) is 1. The maximum absolute atomic E-state index is 13.3. The van der Waals surface area contributed by atoms with E-state index in [0.29, 0.717) is 11.1 Å². The summed E-state index contributed by atoms with van der Waals surface area (Å²) < 4.78 is 18.3. The number of nitrogens with one attached hydrogen (secondary N) is 1. The molecule has 0 bridgehead atoms. The molecule has 5 nitrogen and oxygen atoms in total. The first-order chi connectivity index (χ1) is 8.69. The van der Waals surface area contributed by atoms with Crippen molar-refractivity contribution < 1.29 is 13.9 Å². The van der Waals surface area contributed by atoms with Crippen molar-refractivity contribution >= 4 is 11.9 Å². The Labute approximate surface area is 111 Å². The van der Waals surface area contributed by atoms with Crippen LogP contribution in [0.2, 0.25) is 0 Å². The van der Waals surface area contributed by atoms with E-state index in [4.69, 9.17) is 10.5 Å². The van der Waals surface area contributed by atoms with Gasteiger partial charge in [0.1, 0.15) is 11.4 Å². The highest BCUT2D eigenvalue weighted by Gasteiger charge is 2.15. The Balaban J connectivity index is 2.72. The third-order valence-electron chi connectivity index (χ3n) is 2.13. The molecule has 19 heavy (non-hydrogen) atoms. The van der Waals surface area contributed by atoms with Crippen molar-refractivity contribution in [2.45, 2.75) is 33.3 Å². The highest BCUT2D eigenvalue weighted by atomic mass is 19.1. The van der Waals surface area contributed by atoms with Crippen LogP contribution >= 0.6 is 0 Å². The minimum atomic E-state index is -0.719. The molecule has 0 aliphatic rings. The third kappa shape index (κ3) is 4.95. The average Bonchev–Trinajstić information content (AvgIpc) is 2.27. The molecular weight excluding hydrogens is 249 g/mol. The molecule has 0 saturated carbocycles. The number of hydrogen-bond donors (Lipinski definition) is 2. The number of hydrazone groups is 1. The summed E-state index contributed by atoms with van der Waals surface area (Å²) >= 11 is 0. The molecule has 3 N–H and O–H groups in total. The highest BCUT2D eigenvalue weighted by molar-refractivity contribution is 5.97. The summed E-state index contributed by atoms with van der Waals surface area (Å²) in [5.74, 6) is -0.377. The lowest BCUT2D eigenvalue weighted by Crippen LogP contribution is -2.31. The molecule has 0 aliphatic carbocycles. The molecule has 0 unspecified atom stereocenters. The van der Waals surface area contributed by atoms with Crippen LogP contribution in [-0.4, -0.2) is 17.5 Å². The molecule has 0 radical (unpaired) electrons. The quantitative estimate of drug-likeness (QED) is 0.490. The van der Waals surface area contributed by atoms with E-state index in [9.17, 15) is 9.18 Å². The molecule has 0 aromatic heterocycles. The van der Waals surface area contributed by atoms with Crippen LogP contribution in [0, 0.1) is 12.7 Å². The largest absolute Gasteiger partial charge is 0.443 e. The van der Waals surface area contributed by atoms with Gasteiger partial charge in [0.15, 0.2) is 5.84 Å². The third-order valence-corrected chi connectivity index (χ3v) is 2.13. The molecule has 0 heterocycles. The van der Waals surface area contributed by atoms with Crippen molar-refractivity contribution in [2.24, 2.45) is 10.8 Å². The molecule has 1 aromatic carbocycles. The Morgan fingerprint density at radius 2 is 2.05 bits per heavy atom. The molecular formula is C13H18FN3O2. The fourth-order valence-corrected chi connectivity index (χ4v) is 1.22. The van der Waals surface area contributed by atoms with Gasteiger partial charge in [-0.05, 0) is 39.3 Å². The zero-order valence-corrected chi connectivity index (χ0v) is 11.5. The monoisotopic (exact) mass is 267 g/mol. The number of aryl methyl sites for hydroxylation is 1. The first-order valence-corrected chi connectivity index (χ1v) is 5.78. The van der Waals surface area contributed by atoms with Gasteiger partial charge in [0.25, 0.3) is 0 Å². The number of benzene rings is 1. The summed E-state index contributed by atoms with van der Waals surface area (Å²) in [7, 11) is 0. The van der Waals surface area contributed by atoms with Gasteiger partial charge in [0.05, 0.1) is 0 Å². The first-order valence-electron chi connectivity index (χ1n) is 5.78. The smallest absolute Gasteiger partial charge is 0.428 e. The van der Waals surface area contributed by atoms with E-state index in [1.54, 1.807) is 39.8 Å².